The van der Waals surface area contributed by atoms with Gasteiger partial charge in [0.15, 0.2) is 0 Å². The highest BCUT2D eigenvalue weighted by molar-refractivity contribution is 5.79. The molecule has 25 heavy (non-hydrogen) atoms. The summed E-state index contributed by atoms with van der Waals surface area (Å²) < 4.78 is 5.26. The van der Waals surface area contributed by atoms with Crippen LogP contribution in [-0.2, 0) is 0 Å². The van der Waals surface area contributed by atoms with Crippen LogP contribution < -0.4 is 5.32 Å². The standard InChI is InChI=1S/C20H25N3O2/c1-4-18(19-14(2)22-25-15(19)3)21-20(24)23-12-8-11-17(13-23)16-9-6-5-7-10-16/h5-7,9-11,18H,4,8,12-13H2,1-3H3,(H,21,24). The molecule has 0 spiro atoms. The number of hydrogen-bond donors (Lipinski definition) is 1. The molecule has 0 bridgehead atoms. The zero-order valence-corrected chi connectivity index (χ0v) is 15.1. The fraction of sp³-hybridized carbons (Fsp3) is 0.400. The van der Waals surface area contributed by atoms with E-state index in [0.717, 1.165) is 36.4 Å². The molecule has 5 heteroatoms. The SMILES string of the molecule is CCC(NC(=O)N1CCC=C(c2ccccc2)C1)c1c(C)noc1C. The van der Waals surface area contributed by atoms with Gasteiger partial charge in [0.2, 0.25) is 0 Å². The first-order valence-electron chi connectivity index (χ1n) is 8.82. The molecule has 1 aromatic carbocycles. The molecule has 1 aromatic heterocycles. The smallest absolute Gasteiger partial charge is 0.318 e. The van der Waals surface area contributed by atoms with Crippen LogP contribution in [0.2, 0.25) is 0 Å². The number of aromatic nitrogens is 1. The Morgan fingerprint density at radius 3 is 2.72 bits per heavy atom. The lowest BCUT2D eigenvalue weighted by Gasteiger charge is -2.29. The lowest BCUT2D eigenvalue weighted by atomic mass is 10.0. The zero-order chi connectivity index (χ0) is 17.8. The van der Waals surface area contributed by atoms with Crippen molar-refractivity contribution in [2.24, 2.45) is 0 Å². The third-order valence-corrected chi connectivity index (χ3v) is 4.73. The minimum Gasteiger partial charge on any atom is -0.361 e. The van der Waals surface area contributed by atoms with E-state index in [1.807, 2.05) is 36.9 Å². The van der Waals surface area contributed by atoms with E-state index in [4.69, 9.17) is 4.52 Å². The quantitative estimate of drug-likeness (QED) is 0.906. The summed E-state index contributed by atoms with van der Waals surface area (Å²) in [6.45, 7) is 7.23. The summed E-state index contributed by atoms with van der Waals surface area (Å²) in [5.41, 5.74) is 4.21. The van der Waals surface area contributed by atoms with Gasteiger partial charge in [0.25, 0.3) is 0 Å². The van der Waals surface area contributed by atoms with Crippen molar-refractivity contribution in [3.63, 3.8) is 0 Å². The van der Waals surface area contributed by atoms with Crippen LogP contribution in [0.4, 0.5) is 4.79 Å². The molecule has 2 amide bonds. The van der Waals surface area contributed by atoms with Crippen molar-refractivity contribution in [1.29, 1.82) is 0 Å². The summed E-state index contributed by atoms with van der Waals surface area (Å²) in [4.78, 5) is 14.7. The molecule has 1 atom stereocenters. The van der Waals surface area contributed by atoms with Gasteiger partial charge in [-0.2, -0.15) is 0 Å². The van der Waals surface area contributed by atoms with Gasteiger partial charge in [-0.15, -0.1) is 0 Å². The molecule has 0 radical (unpaired) electrons. The van der Waals surface area contributed by atoms with Crippen molar-refractivity contribution in [1.82, 2.24) is 15.4 Å². The molecule has 2 heterocycles. The highest BCUT2D eigenvalue weighted by atomic mass is 16.5. The van der Waals surface area contributed by atoms with Gasteiger partial charge in [0, 0.05) is 18.7 Å². The summed E-state index contributed by atoms with van der Waals surface area (Å²) in [5.74, 6) is 0.771. The second kappa shape index (κ2) is 7.55. The van der Waals surface area contributed by atoms with Gasteiger partial charge in [-0.25, -0.2) is 4.79 Å². The van der Waals surface area contributed by atoms with Gasteiger partial charge in [0.05, 0.1) is 11.7 Å². The molecule has 1 unspecified atom stereocenters. The van der Waals surface area contributed by atoms with Crippen LogP contribution in [0.25, 0.3) is 5.57 Å². The number of benzene rings is 1. The topological polar surface area (TPSA) is 58.4 Å². The normalized spacial score (nSPS) is 15.6. The van der Waals surface area contributed by atoms with Crippen LogP contribution in [-0.4, -0.2) is 29.2 Å². The highest BCUT2D eigenvalue weighted by Gasteiger charge is 2.25. The van der Waals surface area contributed by atoms with E-state index < -0.39 is 0 Å². The largest absolute Gasteiger partial charge is 0.361 e. The van der Waals surface area contributed by atoms with Crippen LogP contribution in [0.1, 0.15) is 48.4 Å². The Balaban J connectivity index is 1.70. The van der Waals surface area contributed by atoms with Crippen molar-refractivity contribution >= 4 is 11.6 Å². The number of amides is 2. The first-order chi connectivity index (χ1) is 12.1. The van der Waals surface area contributed by atoms with E-state index in [0.29, 0.717) is 6.54 Å². The average molecular weight is 339 g/mol. The van der Waals surface area contributed by atoms with Crippen molar-refractivity contribution in [3.05, 3.63) is 59.0 Å². The number of aryl methyl sites for hydroxylation is 2. The molecule has 0 aliphatic carbocycles. The summed E-state index contributed by atoms with van der Waals surface area (Å²) in [7, 11) is 0. The van der Waals surface area contributed by atoms with E-state index in [-0.39, 0.29) is 12.1 Å². The Bertz CT molecular complexity index is 745. The number of urea groups is 1. The molecule has 5 nitrogen and oxygen atoms in total. The van der Waals surface area contributed by atoms with Crippen LogP contribution in [0.3, 0.4) is 0 Å². The lowest BCUT2D eigenvalue weighted by molar-refractivity contribution is 0.199. The number of nitrogens with zero attached hydrogens (tertiary/aromatic N) is 2. The summed E-state index contributed by atoms with van der Waals surface area (Å²) in [5, 5.41) is 7.16. The minimum absolute atomic E-state index is 0.0339. The minimum atomic E-state index is -0.0789. The second-order valence-corrected chi connectivity index (χ2v) is 6.45. The summed E-state index contributed by atoms with van der Waals surface area (Å²) in [6.07, 6.45) is 3.90. The van der Waals surface area contributed by atoms with Crippen molar-refractivity contribution < 1.29 is 9.32 Å². The van der Waals surface area contributed by atoms with Gasteiger partial charge in [-0.05, 0) is 37.8 Å². The molecular weight excluding hydrogens is 314 g/mol. The maximum atomic E-state index is 12.8. The van der Waals surface area contributed by atoms with Gasteiger partial charge in [-0.1, -0.05) is 48.5 Å². The Labute approximate surface area is 148 Å². The van der Waals surface area contributed by atoms with Crippen molar-refractivity contribution in [2.45, 2.75) is 39.7 Å². The Kier molecular flexibility index (Phi) is 5.22. The molecule has 3 rings (SSSR count). The first-order valence-corrected chi connectivity index (χ1v) is 8.82. The van der Waals surface area contributed by atoms with Crippen LogP contribution in [0.5, 0.6) is 0 Å². The van der Waals surface area contributed by atoms with Gasteiger partial charge >= 0.3 is 6.03 Å². The molecule has 0 saturated carbocycles. The van der Waals surface area contributed by atoms with Gasteiger partial charge < -0.3 is 14.7 Å². The van der Waals surface area contributed by atoms with Crippen LogP contribution in [0, 0.1) is 13.8 Å². The molecular formula is C20H25N3O2. The maximum Gasteiger partial charge on any atom is 0.318 e. The fourth-order valence-electron chi connectivity index (χ4n) is 3.38. The third kappa shape index (κ3) is 3.76. The molecule has 2 aromatic rings. The lowest BCUT2D eigenvalue weighted by Crippen LogP contribution is -2.44. The Hall–Kier alpha value is -2.56. The number of carbonyl (C=O) groups is 1. The number of nitrogens with one attached hydrogen (secondary N) is 1. The van der Waals surface area contributed by atoms with Crippen LogP contribution in [0.15, 0.2) is 40.9 Å². The molecule has 132 valence electrons. The first kappa shape index (κ1) is 17.3. The summed E-state index contributed by atoms with van der Waals surface area (Å²) in [6, 6.07) is 10.1. The molecule has 1 aliphatic heterocycles. The zero-order valence-electron chi connectivity index (χ0n) is 15.1. The molecule has 0 saturated heterocycles. The van der Waals surface area contributed by atoms with E-state index in [2.05, 4.69) is 35.6 Å². The van der Waals surface area contributed by atoms with Crippen LogP contribution >= 0.6 is 0 Å². The molecule has 1 aliphatic rings. The van der Waals surface area contributed by atoms with E-state index >= 15 is 0 Å². The second-order valence-electron chi connectivity index (χ2n) is 6.45. The third-order valence-electron chi connectivity index (χ3n) is 4.73. The van der Waals surface area contributed by atoms with E-state index in [9.17, 15) is 4.79 Å². The van der Waals surface area contributed by atoms with Gasteiger partial charge in [-0.3, -0.25) is 0 Å². The van der Waals surface area contributed by atoms with Crippen molar-refractivity contribution in [3.8, 4) is 0 Å². The molecule has 0 fully saturated rings. The number of carbonyl (C=O) groups excluding carboxylic acids is 1. The van der Waals surface area contributed by atoms with E-state index in [1.165, 1.54) is 11.1 Å². The predicted octanol–water partition coefficient (Wildman–Crippen LogP) is 4.24. The average Bonchev–Trinajstić information content (AvgIpc) is 2.99. The fourth-order valence-corrected chi connectivity index (χ4v) is 3.38. The Morgan fingerprint density at radius 1 is 1.32 bits per heavy atom. The van der Waals surface area contributed by atoms with Crippen molar-refractivity contribution in [2.75, 3.05) is 13.1 Å². The predicted molar refractivity (Wildman–Crippen MR) is 98.1 cm³/mol. The number of hydrogen-bond acceptors (Lipinski definition) is 3. The van der Waals surface area contributed by atoms with E-state index in [1.54, 1.807) is 0 Å². The maximum absolute atomic E-state index is 12.8. The molecule has 1 N–H and O–H groups in total. The number of rotatable bonds is 4. The Morgan fingerprint density at radius 2 is 2.08 bits per heavy atom. The highest BCUT2D eigenvalue weighted by Crippen LogP contribution is 2.25. The summed E-state index contributed by atoms with van der Waals surface area (Å²) >= 11 is 0. The monoisotopic (exact) mass is 339 g/mol. The van der Waals surface area contributed by atoms with Gasteiger partial charge in [0.1, 0.15) is 5.76 Å².